The lowest BCUT2D eigenvalue weighted by Gasteiger charge is -2.03. The van der Waals surface area contributed by atoms with Gasteiger partial charge in [0.1, 0.15) is 5.82 Å². The molecule has 6 nitrogen and oxygen atoms in total. The molecule has 0 saturated carbocycles. The molecular formula is C17H13ClFN5OS. The predicted octanol–water partition coefficient (Wildman–Crippen LogP) is 3.33. The lowest BCUT2D eigenvalue weighted by Crippen LogP contribution is -2.01. The minimum Gasteiger partial charge on any atom is -0.331 e. The molecule has 132 valence electrons. The van der Waals surface area contributed by atoms with Crippen LogP contribution in [0.1, 0.15) is 11.3 Å². The molecule has 0 aliphatic rings. The van der Waals surface area contributed by atoms with Crippen molar-refractivity contribution in [2.75, 3.05) is 0 Å². The fourth-order valence-corrected chi connectivity index (χ4v) is 3.75. The second kappa shape index (κ2) is 6.97. The van der Waals surface area contributed by atoms with Crippen LogP contribution in [-0.2, 0) is 22.4 Å². The first-order chi connectivity index (χ1) is 12.6. The highest BCUT2D eigenvalue weighted by Crippen LogP contribution is 2.22. The second-order valence-corrected chi connectivity index (χ2v) is 7.25. The first-order valence-electron chi connectivity index (χ1n) is 7.70. The molecule has 0 bridgehead atoms. The Kier molecular flexibility index (Phi) is 4.52. The third-order valence-corrected chi connectivity index (χ3v) is 5.33. The van der Waals surface area contributed by atoms with Gasteiger partial charge >= 0.3 is 0 Å². The minimum absolute atomic E-state index is 0.196. The molecule has 4 aromatic rings. The number of H-pyrrole nitrogens is 1. The summed E-state index contributed by atoms with van der Waals surface area (Å²) in [6, 6.07) is 6.55. The summed E-state index contributed by atoms with van der Waals surface area (Å²) < 4.78 is 28.5. The number of fused-ring (bicyclic) bond motifs is 1. The molecule has 1 unspecified atom stereocenters. The van der Waals surface area contributed by atoms with Crippen LogP contribution in [0.2, 0.25) is 0 Å². The predicted molar refractivity (Wildman–Crippen MR) is 97.1 cm³/mol. The largest absolute Gasteiger partial charge is 0.331 e. The van der Waals surface area contributed by atoms with Crippen LogP contribution in [0.3, 0.4) is 0 Å². The zero-order valence-electron chi connectivity index (χ0n) is 13.4. The van der Waals surface area contributed by atoms with Gasteiger partial charge in [0, 0.05) is 30.5 Å². The van der Waals surface area contributed by atoms with Gasteiger partial charge in [0.05, 0.1) is 45.3 Å². The fraction of sp³-hybridized carbons (Fsp3) is 0.118. The van der Waals surface area contributed by atoms with Crippen molar-refractivity contribution in [1.82, 2.24) is 24.5 Å². The van der Waals surface area contributed by atoms with Crippen LogP contribution in [0.5, 0.6) is 0 Å². The maximum Gasteiger partial charge on any atom is 0.197 e. The Morgan fingerprint density at radius 1 is 1.27 bits per heavy atom. The van der Waals surface area contributed by atoms with E-state index in [4.69, 9.17) is 11.6 Å². The van der Waals surface area contributed by atoms with Crippen molar-refractivity contribution in [1.29, 1.82) is 0 Å². The summed E-state index contributed by atoms with van der Waals surface area (Å²) in [6.07, 6.45) is 6.35. The van der Waals surface area contributed by atoms with Crippen LogP contribution in [0.15, 0.2) is 54.3 Å². The van der Waals surface area contributed by atoms with Crippen molar-refractivity contribution in [2.45, 2.75) is 16.8 Å². The number of rotatable bonds is 5. The normalized spacial score (nSPS) is 12.5. The third kappa shape index (κ3) is 3.25. The molecule has 0 aliphatic heterocycles. The van der Waals surface area contributed by atoms with Gasteiger partial charge in [-0.15, -0.1) is 11.6 Å². The van der Waals surface area contributed by atoms with E-state index in [2.05, 4.69) is 19.9 Å². The number of nitrogens with zero attached hydrogens (tertiary/aromatic N) is 4. The van der Waals surface area contributed by atoms with Crippen LogP contribution in [0.4, 0.5) is 4.39 Å². The number of aromatic amines is 1. The van der Waals surface area contributed by atoms with Gasteiger partial charge in [0.15, 0.2) is 5.16 Å². The smallest absolute Gasteiger partial charge is 0.197 e. The van der Waals surface area contributed by atoms with E-state index < -0.39 is 16.6 Å². The van der Waals surface area contributed by atoms with Crippen LogP contribution in [-0.4, -0.2) is 28.7 Å². The number of imidazole rings is 2. The first kappa shape index (κ1) is 16.9. The molecule has 1 aromatic carbocycles. The quantitative estimate of drug-likeness (QED) is 0.531. The molecule has 0 amide bonds. The number of nitrogens with one attached hydrogen (secondary N) is 1. The molecule has 3 heterocycles. The second-order valence-electron chi connectivity index (χ2n) is 5.61. The molecule has 3 aromatic heterocycles. The van der Waals surface area contributed by atoms with Gasteiger partial charge in [-0.3, -0.25) is 9.19 Å². The van der Waals surface area contributed by atoms with Crippen molar-refractivity contribution >= 4 is 33.4 Å². The Morgan fingerprint density at radius 2 is 2.15 bits per heavy atom. The molecule has 0 spiro atoms. The summed E-state index contributed by atoms with van der Waals surface area (Å²) in [7, 11) is -1.44. The van der Waals surface area contributed by atoms with Gasteiger partial charge in [-0.1, -0.05) is 0 Å². The van der Waals surface area contributed by atoms with E-state index >= 15 is 0 Å². The zero-order valence-corrected chi connectivity index (χ0v) is 15.0. The van der Waals surface area contributed by atoms with Crippen molar-refractivity contribution in [3.8, 4) is 5.69 Å². The van der Waals surface area contributed by atoms with Gasteiger partial charge in [-0.25, -0.2) is 14.4 Å². The molecule has 4 rings (SSSR count). The molecule has 0 radical (unpaired) electrons. The molecule has 0 aliphatic carbocycles. The standard InChI is InChI=1S/C17H13ClFN5OS/c18-8-11-1-2-21-12(5-11)9-26(25)17-22-14-6-13(19)16(7-15(14)23-17)24-4-3-20-10-24/h1-7,10H,8-9H2,(H,22,23). The van der Waals surface area contributed by atoms with E-state index in [1.54, 1.807) is 35.3 Å². The summed E-state index contributed by atoms with van der Waals surface area (Å²) in [5.74, 6) is 0.137. The number of aromatic nitrogens is 5. The van der Waals surface area contributed by atoms with Gasteiger partial charge < -0.3 is 9.55 Å². The number of benzene rings is 1. The SMILES string of the molecule is O=S(Cc1cc(CCl)ccn1)c1nc2cc(-n3ccnc3)c(F)cc2[nH]1. The van der Waals surface area contributed by atoms with E-state index in [0.717, 1.165) is 5.56 Å². The van der Waals surface area contributed by atoms with Crippen LogP contribution < -0.4 is 0 Å². The van der Waals surface area contributed by atoms with Gasteiger partial charge in [0.2, 0.25) is 0 Å². The molecule has 1 atom stereocenters. The highest BCUT2D eigenvalue weighted by Gasteiger charge is 2.15. The first-order valence-corrected chi connectivity index (χ1v) is 9.55. The lowest BCUT2D eigenvalue weighted by atomic mass is 10.2. The summed E-state index contributed by atoms with van der Waals surface area (Å²) >= 11 is 5.81. The Labute approximate surface area is 155 Å². The van der Waals surface area contributed by atoms with Crippen LogP contribution in [0, 0.1) is 5.82 Å². The summed E-state index contributed by atoms with van der Waals surface area (Å²) in [5.41, 5.74) is 2.91. The Hall–Kier alpha value is -2.58. The molecule has 1 N–H and O–H groups in total. The van der Waals surface area contributed by atoms with Gasteiger partial charge in [-0.2, -0.15) is 0 Å². The topological polar surface area (TPSA) is 76.5 Å². The van der Waals surface area contributed by atoms with Gasteiger partial charge in [0.25, 0.3) is 0 Å². The number of halogens is 2. The zero-order chi connectivity index (χ0) is 18.1. The van der Waals surface area contributed by atoms with E-state index in [1.807, 2.05) is 6.07 Å². The highest BCUT2D eigenvalue weighted by molar-refractivity contribution is 7.84. The summed E-state index contributed by atoms with van der Waals surface area (Å²) in [5, 5.41) is 0.278. The van der Waals surface area contributed by atoms with E-state index in [9.17, 15) is 8.60 Å². The monoisotopic (exact) mass is 389 g/mol. The summed E-state index contributed by atoms with van der Waals surface area (Å²) in [4.78, 5) is 15.4. The number of alkyl halides is 1. The van der Waals surface area contributed by atoms with E-state index in [-0.39, 0.29) is 10.9 Å². The van der Waals surface area contributed by atoms with Crippen molar-refractivity contribution in [3.63, 3.8) is 0 Å². The average molecular weight is 390 g/mol. The maximum atomic E-state index is 14.3. The lowest BCUT2D eigenvalue weighted by molar-refractivity contribution is 0.619. The Bertz CT molecular complexity index is 1100. The summed E-state index contributed by atoms with van der Waals surface area (Å²) in [6.45, 7) is 0. The van der Waals surface area contributed by atoms with Crippen LogP contribution in [0.25, 0.3) is 16.7 Å². The van der Waals surface area contributed by atoms with Crippen molar-refractivity contribution in [2.24, 2.45) is 0 Å². The fourth-order valence-electron chi connectivity index (χ4n) is 2.60. The van der Waals surface area contributed by atoms with Crippen molar-refractivity contribution in [3.05, 3.63) is 66.3 Å². The highest BCUT2D eigenvalue weighted by atomic mass is 35.5. The number of hydrogen-bond donors (Lipinski definition) is 1. The van der Waals surface area contributed by atoms with Gasteiger partial charge in [-0.05, 0) is 23.8 Å². The van der Waals surface area contributed by atoms with E-state index in [0.29, 0.717) is 28.3 Å². The molecule has 0 saturated heterocycles. The molecule has 26 heavy (non-hydrogen) atoms. The number of hydrogen-bond acceptors (Lipinski definition) is 4. The molecule has 0 fully saturated rings. The third-order valence-electron chi connectivity index (χ3n) is 3.84. The van der Waals surface area contributed by atoms with Crippen molar-refractivity contribution < 1.29 is 8.60 Å². The molecular weight excluding hydrogens is 377 g/mol. The Morgan fingerprint density at radius 3 is 2.92 bits per heavy atom. The maximum absolute atomic E-state index is 14.3. The number of pyridine rings is 1. The average Bonchev–Trinajstić information content (AvgIpc) is 3.30. The van der Waals surface area contributed by atoms with Crippen LogP contribution >= 0.6 is 11.6 Å². The Balaban J connectivity index is 1.65. The molecule has 9 heteroatoms. The van der Waals surface area contributed by atoms with E-state index in [1.165, 1.54) is 12.4 Å². The minimum atomic E-state index is -1.44.